The van der Waals surface area contributed by atoms with Gasteiger partial charge in [-0.3, -0.25) is 0 Å². The van der Waals surface area contributed by atoms with Crippen LogP contribution in [0.15, 0.2) is 30.3 Å². The van der Waals surface area contributed by atoms with Crippen LogP contribution in [0.3, 0.4) is 0 Å². The van der Waals surface area contributed by atoms with E-state index in [0.29, 0.717) is 6.54 Å². The molecule has 0 saturated heterocycles. The van der Waals surface area contributed by atoms with Gasteiger partial charge in [-0.2, -0.15) is 0 Å². The normalized spacial score (nSPS) is 11.3. The van der Waals surface area contributed by atoms with E-state index in [4.69, 9.17) is 4.74 Å². The van der Waals surface area contributed by atoms with Gasteiger partial charge < -0.3 is 15.4 Å². The Morgan fingerprint density at radius 2 is 1.57 bits per heavy atom. The molecule has 0 spiro atoms. The van der Waals surface area contributed by atoms with E-state index in [9.17, 15) is 4.79 Å². The third-order valence-electron chi connectivity index (χ3n) is 3.37. The monoisotopic (exact) mass is 320 g/mol. The maximum atomic E-state index is 11.4. The van der Waals surface area contributed by atoms with Gasteiger partial charge in [-0.25, -0.2) is 4.79 Å². The van der Waals surface area contributed by atoms with Gasteiger partial charge in [0.05, 0.1) is 0 Å². The molecule has 0 aromatic heterocycles. The second-order valence-corrected chi connectivity index (χ2v) is 6.86. The zero-order valence-corrected chi connectivity index (χ0v) is 14.9. The first kappa shape index (κ1) is 19.5. The second-order valence-electron chi connectivity index (χ2n) is 6.86. The molecule has 4 nitrogen and oxygen atoms in total. The Kier molecular flexibility index (Phi) is 9.37. The number of carbonyl (C=O) groups is 1. The molecular weight excluding hydrogens is 288 g/mol. The molecule has 130 valence electrons. The summed E-state index contributed by atoms with van der Waals surface area (Å²) in [6, 6.07) is 10.5. The molecule has 0 bridgehead atoms. The number of benzene rings is 1. The van der Waals surface area contributed by atoms with Crippen molar-refractivity contribution in [3.05, 3.63) is 35.9 Å². The van der Waals surface area contributed by atoms with E-state index in [2.05, 4.69) is 34.9 Å². The first-order valence-electron chi connectivity index (χ1n) is 8.69. The number of nitrogens with one attached hydrogen (secondary N) is 2. The highest BCUT2D eigenvalue weighted by Gasteiger charge is 2.15. The lowest BCUT2D eigenvalue weighted by molar-refractivity contribution is 0.0527. The van der Waals surface area contributed by atoms with Crippen molar-refractivity contribution in [2.24, 2.45) is 0 Å². The van der Waals surface area contributed by atoms with Gasteiger partial charge in [-0.05, 0) is 45.7 Å². The summed E-state index contributed by atoms with van der Waals surface area (Å²) in [6.45, 7) is 8.32. The van der Waals surface area contributed by atoms with Gasteiger partial charge in [-0.15, -0.1) is 0 Å². The third kappa shape index (κ3) is 11.6. The van der Waals surface area contributed by atoms with Gasteiger partial charge >= 0.3 is 6.09 Å². The van der Waals surface area contributed by atoms with Crippen LogP contribution in [0, 0.1) is 0 Å². The molecule has 0 unspecified atom stereocenters. The summed E-state index contributed by atoms with van der Waals surface area (Å²) >= 11 is 0. The van der Waals surface area contributed by atoms with Crippen molar-refractivity contribution in [3.63, 3.8) is 0 Å². The Morgan fingerprint density at radius 3 is 2.22 bits per heavy atom. The summed E-state index contributed by atoms with van der Waals surface area (Å²) in [7, 11) is 0. The van der Waals surface area contributed by atoms with Crippen LogP contribution in [-0.4, -0.2) is 24.8 Å². The van der Waals surface area contributed by atoms with Gasteiger partial charge in [-0.1, -0.05) is 49.6 Å². The average molecular weight is 320 g/mol. The van der Waals surface area contributed by atoms with Crippen molar-refractivity contribution in [1.29, 1.82) is 0 Å². The molecule has 0 radical (unpaired) electrons. The summed E-state index contributed by atoms with van der Waals surface area (Å²) in [5.74, 6) is 0. The fraction of sp³-hybridized carbons (Fsp3) is 0.632. The highest BCUT2D eigenvalue weighted by atomic mass is 16.6. The minimum atomic E-state index is -0.420. The van der Waals surface area contributed by atoms with E-state index in [1.165, 1.54) is 24.8 Å². The zero-order chi connectivity index (χ0) is 17.0. The largest absolute Gasteiger partial charge is 0.444 e. The predicted octanol–water partition coefficient (Wildman–Crippen LogP) is 4.25. The van der Waals surface area contributed by atoms with Crippen molar-refractivity contribution in [2.45, 2.75) is 65.0 Å². The summed E-state index contributed by atoms with van der Waals surface area (Å²) in [6.07, 6.45) is 5.48. The molecule has 4 heteroatoms. The fourth-order valence-electron chi connectivity index (χ4n) is 2.24. The van der Waals surface area contributed by atoms with E-state index in [0.717, 1.165) is 25.9 Å². The van der Waals surface area contributed by atoms with E-state index in [1.54, 1.807) is 0 Å². The molecule has 1 aromatic carbocycles. The Hall–Kier alpha value is -1.55. The van der Waals surface area contributed by atoms with Gasteiger partial charge in [0, 0.05) is 13.1 Å². The molecule has 0 saturated carbocycles. The Morgan fingerprint density at radius 1 is 0.957 bits per heavy atom. The minimum absolute atomic E-state index is 0.317. The number of carbonyl (C=O) groups excluding carboxylic acids is 1. The van der Waals surface area contributed by atoms with Crippen molar-refractivity contribution in [2.75, 3.05) is 13.1 Å². The first-order valence-corrected chi connectivity index (χ1v) is 8.69. The molecule has 0 fully saturated rings. The van der Waals surface area contributed by atoms with Crippen LogP contribution in [0.5, 0.6) is 0 Å². The van der Waals surface area contributed by atoms with E-state index in [1.807, 2.05) is 26.8 Å². The SMILES string of the molecule is CC(C)(C)OC(=O)NCCCCCCCNCc1ccccc1. The molecule has 23 heavy (non-hydrogen) atoms. The smallest absolute Gasteiger partial charge is 0.407 e. The number of ether oxygens (including phenoxy) is 1. The quantitative estimate of drug-likeness (QED) is 0.634. The first-order chi connectivity index (χ1) is 11.0. The van der Waals surface area contributed by atoms with Gasteiger partial charge in [0.2, 0.25) is 0 Å². The molecule has 1 amide bonds. The molecule has 0 aliphatic carbocycles. The Labute approximate surface area is 141 Å². The average Bonchev–Trinajstić information content (AvgIpc) is 2.48. The lowest BCUT2D eigenvalue weighted by Gasteiger charge is -2.19. The maximum absolute atomic E-state index is 11.4. The molecule has 1 rings (SSSR count). The molecule has 0 heterocycles. The summed E-state index contributed by atoms with van der Waals surface area (Å²) < 4.78 is 5.19. The highest BCUT2D eigenvalue weighted by molar-refractivity contribution is 5.67. The topological polar surface area (TPSA) is 50.4 Å². The van der Waals surface area contributed by atoms with Gasteiger partial charge in [0.25, 0.3) is 0 Å². The molecule has 0 aliphatic heterocycles. The Bertz CT molecular complexity index is 427. The Balaban J connectivity index is 1.86. The maximum Gasteiger partial charge on any atom is 0.407 e. The van der Waals surface area contributed by atoms with Crippen LogP contribution in [0.2, 0.25) is 0 Å². The van der Waals surface area contributed by atoms with Crippen LogP contribution in [0.4, 0.5) is 4.79 Å². The predicted molar refractivity (Wildman–Crippen MR) is 95.5 cm³/mol. The molecule has 0 atom stereocenters. The van der Waals surface area contributed by atoms with Crippen LogP contribution >= 0.6 is 0 Å². The van der Waals surface area contributed by atoms with Gasteiger partial charge in [0.1, 0.15) is 5.60 Å². The molecular formula is C19H32N2O2. The van der Waals surface area contributed by atoms with Crippen LogP contribution in [0.25, 0.3) is 0 Å². The van der Waals surface area contributed by atoms with Crippen LogP contribution < -0.4 is 10.6 Å². The number of alkyl carbamates (subject to hydrolysis) is 1. The van der Waals surface area contributed by atoms with Crippen molar-refractivity contribution in [3.8, 4) is 0 Å². The molecule has 2 N–H and O–H groups in total. The van der Waals surface area contributed by atoms with Crippen molar-refractivity contribution < 1.29 is 9.53 Å². The summed E-state index contributed by atoms with van der Waals surface area (Å²) in [5.41, 5.74) is 0.914. The number of hydrogen-bond acceptors (Lipinski definition) is 3. The van der Waals surface area contributed by atoms with Crippen molar-refractivity contribution in [1.82, 2.24) is 10.6 Å². The number of rotatable bonds is 10. The zero-order valence-electron chi connectivity index (χ0n) is 14.9. The summed E-state index contributed by atoms with van der Waals surface area (Å²) in [4.78, 5) is 11.4. The lowest BCUT2D eigenvalue weighted by Crippen LogP contribution is -2.32. The van der Waals surface area contributed by atoms with Crippen molar-refractivity contribution >= 4 is 6.09 Å². The number of hydrogen-bond donors (Lipinski definition) is 2. The fourth-order valence-corrected chi connectivity index (χ4v) is 2.24. The molecule has 0 aliphatic rings. The van der Waals surface area contributed by atoms with Crippen LogP contribution in [-0.2, 0) is 11.3 Å². The summed E-state index contributed by atoms with van der Waals surface area (Å²) in [5, 5.41) is 6.26. The van der Waals surface area contributed by atoms with E-state index < -0.39 is 5.60 Å². The highest BCUT2D eigenvalue weighted by Crippen LogP contribution is 2.07. The third-order valence-corrected chi connectivity index (χ3v) is 3.37. The number of amides is 1. The van der Waals surface area contributed by atoms with E-state index >= 15 is 0 Å². The van der Waals surface area contributed by atoms with Crippen LogP contribution in [0.1, 0.15) is 58.4 Å². The number of unbranched alkanes of at least 4 members (excludes halogenated alkanes) is 4. The van der Waals surface area contributed by atoms with E-state index in [-0.39, 0.29) is 6.09 Å². The van der Waals surface area contributed by atoms with Gasteiger partial charge in [0.15, 0.2) is 0 Å². The second kappa shape index (κ2) is 11.1. The molecule has 1 aromatic rings. The lowest BCUT2D eigenvalue weighted by atomic mass is 10.1. The standard InChI is InChI=1S/C19H32N2O2/c1-19(2,3)23-18(22)21-15-11-6-4-5-10-14-20-16-17-12-8-7-9-13-17/h7-9,12-13,20H,4-6,10-11,14-16H2,1-3H3,(H,21,22). The minimum Gasteiger partial charge on any atom is -0.444 e.